The number of halogens is 2. The Morgan fingerprint density at radius 3 is 2.83 bits per heavy atom. The van der Waals surface area contributed by atoms with Gasteiger partial charge in [-0.2, -0.15) is 5.10 Å². The molecule has 0 radical (unpaired) electrons. The van der Waals surface area contributed by atoms with Crippen LogP contribution in [0.3, 0.4) is 0 Å². The van der Waals surface area contributed by atoms with Gasteiger partial charge in [-0.25, -0.2) is 0 Å². The Morgan fingerprint density at radius 1 is 1.42 bits per heavy atom. The summed E-state index contributed by atoms with van der Waals surface area (Å²) in [5, 5.41) is 4.99. The van der Waals surface area contributed by atoms with Crippen LogP contribution in [0.1, 0.15) is 29.3 Å². The minimum Gasteiger partial charge on any atom is -0.338 e. The van der Waals surface area contributed by atoms with Gasteiger partial charge in [-0.1, -0.05) is 36.7 Å². The van der Waals surface area contributed by atoms with E-state index in [4.69, 9.17) is 17.3 Å². The normalized spacial score (nSPS) is 20.0. The van der Waals surface area contributed by atoms with Crippen molar-refractivity contribution in [2.75, 3.05) is 19.6 Å². The van der Waals surface area contributed by atoms with E-state index >= 15 is 0 Å². The minimum absolute atomic E-state index is 0. The highest BCUT2D eigenvalue weighted by atomic mass is 35.5. The average Bonchev–Trinajstić information content (AvgIpc) is 3.17. The van der Waals surface area contributed by atoms with Crippen molar-refractivity contribution in [1.82, 2.24) is 14.7 Å². The van der Waals surface area contributed by atoms with Gasteiger partial charge in [0.25, 0.3) is 5.91 Å². The number of benzene rings is 1. The quantitative estimate of drug-likeness (QED) is 0.902. The van der Waals surface area contributed by atoms with Crippen molar-refractivity contribution < 1.29 is 4.79 Å². The van der Waals surface area contributed by atoms with Crippen molar-refractivity contribution >= 4 is 29.9 Å². The highest BCUT2D eigenvalue weighted by molar-refractivity contribution is 6.31. The van der Waals surface area contributed by atoms with E-state index in [1.807, 2.05) is 29.2 Å². The molecule has 1 aliphatic rings. The van der Waals surface area contributed by atoms with Crippen molar-refractivity contribution in [3.8, 4) is 0 Å². The first-order valence-electron chi connectivity index (χ1n) is 7.76. The van der Waals surface area contributed by atoms with Crippen LogP contribution in [-0.2, 0) is 6.54 Å². The van der Waals surface area contributed by atoms with Gasteiger partial charge in [-0.05, 0) is 30.0 Å². The molecular formula is C17H22Cl2N4O. The monoisotopic (exact) mass is 368 g/mol. The first-order chi connectivity index (χ1) is 11.0. The summed E-state index contributed by atoms with van der Waals surface area (Å²) < 4.78 is 1.74. The Hall–Kier alpha value is -1.56. The third-order valence-electron chi connectivity index (χ3n) is 4.51. The van der Waals surface area contributed by atoms with Crippen molar-refractivity contribution in [2.45, 2.75) is 19.9 Å². The summed E-state index contributed by atoms with van der Waals surface area (Å²) in [6.45, 7) is 4.73. The molecule has 1 fully saturated rings. The van der Waals surface area contributed by atoms with E-state index in [9.17, 15) is 4.79 Å². The molecule has 0 spiro atoms. The molecule has 0 aliphatic carbocycles. The lowest BCUT2D eigenvalue weighted by atomic mass is 9.90. The number of rotatable bonds is 4. The van der Waals surface area contributed by atoms with E-state index in [2.05, 4.69) is 12.0 Å². The number of likely N-dealkylation sites (tertiary alicyclic amines) is 1. The molecule has 2 aromatic rings. The lowest BCUT2D eigenvalue weighted by Crippen LogP contribution is -2.34. The summed E-state index contributed by atoms with van der Waals surface area (Å²) >= 11 is 6.17. The number of carbonyl (C=O) groups excluding carboxylic acids is 1. The first-order valence-corrected chi connectivity index (χ1v) is 8.14. The fourth-order valence-electron chi connectivity index (χ4n) is 2.91. The molecule has 1 saturated heterocycles. The molecule has 1 aromatic heterocycles. The van der Waals surface area contributed by atoms with Gasteiger partial charge < -0.3 is 10.6 Å². The maximum Gasteiger partial charge on any atom is 0.257 e. The number of hydrogen-bond acceptors (Lipinski definition) is 3. The van der Waals surface area contributed by atoms with Crippen LogP contribution >= 0.6 is 24.0 Å². The third-order valence-corrected chi connectivity index (χ3v) is 4.88. The van der Waals surface area contributed by atoms with Gasteiger partial charge in [0.1, 0.15) is 0 Å². The largest absolute Gasteiger partial charge is 0.338 e. The van der Waals surface area contributed by atoms with Crippen molar-refractivity contribution in [1.29, 1.82) is 0 Å². The highest BCUT2D eigenvalue weighted by Gasteiger charge is 2.35. The van der Waals surface area contributed by atoms with Crippen LogP contribution in [0.15, 0.2) is 36.7 Å². The van der Waals surface area contributed by atoms with Crippen LogP contribution in [-0.4, -0.2) is 40.2 Å². The number of nitrogens with zero attached hydrogens (tertiary/aromatic N) is 3. The predicted molar refractivity (Wildman–Crippen MR) is 97.7 cm³/mol. The summed E-state index contributed by atoms with van der Waals surface area (Å²) in [5.41, 5.74) is 7.43. The van der Waals surface area contributed by atoms with E-state index in [0.717, 1.165) is 18.5 Å². The van der Waals surface area contributed by atoms with Crippen LogP contribution in [0.4, 0.5) is 0 Å². The van der Waals surface area contributed by atoms with Gasteiger partial charge in [-0.15, -0.1) is 12.4 Å². The molecule has 0 bridgehead atoms. The number of hydrogen-bond donors (Lipinski definition) is 1. The molecule has 130 valence electrons. The Morgan fingerprint density at radius 2 is 2.17 bits per heavy atom. The number of nitrogens with two attached hydrogens (primary N) is 1. The molecular weight excluding hydrogens is 347 g/mol. The van der Waals surface area contributed by atoms with Gasteiger partial charge in [0, 0.05) is 24.3 Å². The summed E-state index contributed by atoms with van der Waals surface area (Å²) in [5.74, 6) is 0.0209. The molecule has 3 rings (SSSR count). The Bertz CT molecular complexity index is 718. The van der Waals surface area contributed by atoms with Crippen LogP contribution in [0.5, 0.6) is 0 Å². The van der Waals surface area contributed by atoms with Gasteiger partial charge in [0.05, 0.1) is 18.3 Å². The summed E-state index contributed by atoms with van der Waals surface area (Å²) in [6, 6.07) is 7.64. The summed E-state index contributed by atoms with van der Waals surface area (Å²) in [7, 11) is 0. The van der Waals surface area contributed by atoms with Crippen LogP contribution < -0.4 is 5.73 Å². The van der Waals surface area contributed by atoms with Gasteiger partial charge in [-0.3, -0.25) is 9.48 Å². The molecule has 1 aliphatic heterocycles. The van der Waals surface area contributed by atoms with Crippen LogP contribution in [0.25, 0.3) is 0 Å². The molecule has 24 heavy (non-hydrogen) atoms. The Kier molecular flexibility index (Phi) is 5.91. The van der Waals surface area contributed by atoms with E-state index in [1.54, 1.807) is 17.1 Å². The topological polar surface area (TPSA) is 64.2 Å². The molecule has 2 N–H and O–H groups in total. The van der Waals surface area contributed by atoms with Gasteiger partial charge >= 0.3 is 0 Å². The smallest absolute Gasteiger partial charge is 0.257 e. The standard InChI is InChI=1S/C17H21ClN4O.ClH/c1-17(11-19)6-7-21(12-17)16(23)14-8-20-22(10-14)9-13-4-2-3-5-15(13)18;/h2-5,8,10H,6-7,9,11-12,19H2,1H3;1H. The Labute approximate surface area is 153 Å². The minimum atomic E-state index is 0. The van der Waals surface area contributed by atoms with Crippen LogP contribution in [0, 0.1) is 5.41 Å². The van der Waals surface area contributed by atoms with Crippen LogP contribution in [0.2, 0.25) is 5.02 Å². The molecule has 2 heterocycles. The maximum absolute atomic E-state index is 12.6. The predicted octanol–water partition coefficient (Wildman–Crippen LogP) is 2.82. The second-order valence-electron chi connectivity index (χ2n) is 6.51. The number of amides is 1. The molecule has 1 amide bonds. The summed E-state index contributed by atoms with van der Waals surface area (Å²) in [4.78, 5) is 14.5. The molecule has 7 heteroatoms. The van der Waals surface area contributed by atoms with Gasteiger partial charge in [0.15, 0.2) is 0 Å². The molecule has 1 unspecified atom stereocenters. The fourth-order valence-corrected chi connectivity index (χ4v) is 3.10. The Balaban J connectivity index is 0.00000208. The van der Waals surface area contributed by atoms with E-state index in [1.165, 1.54) is 0 Å². The van der Waals surface area contributed by atoms with E-state index in [-0.39, 0.29) is 23.7 Å². The average molecular weight is 369 g/mol. The second kappa shape index (κ2) is 7.55. The van der Waals surface area contributed by atoms with Crippen molar-refractivity contribution in [2.24, 2.45) is 11.1 Å². The summed E-state index contributed by atoms with van der Waals surface area (Å²) in [6.07, 6.45) is 4.35. The molecule has 1 aromatic carbocycles. The second-order valence-corrected chi connectivity index (χ2v) is 6.92. The first kappa shape index (κ1) is 18.8. The van der Waals surface area contributed by atoms with Crippen molar-refractivity contribution in [3.63, 3.8) is 0 Å². The SMILES string of the molecule is CC1(CN)CCN(C(=O)c2cnn(Cc3ccccc3Cl)c2)C1.Cl. The molecule has 1 atom stereocenters. The zero-order chi connectivity index (χ0) is 16.4. The number of carbonyl (C=O) groups is 1. The lowest BCUT2D eigenvalue weighted by molar-refractivity contribution is 0.0777. The zero-order valence-electron chi connectivity index (χ0n) is 13.6. The fraction of sp³-hybridized carbons (Fsp3) is 0.412. The number of aromatic nitrogens is 2. The van der Waals surface area contributed by atoms with Crippen molar-refractivity contribution in [3.05, 3.63) is 52.8 Å². The van der Waals surface area contributed by atoms with Gasteiger partial charge in [0.2, 0.25) is 0 Å². The molecule has 0 saturated carbocycles. The van der Waals surface area contributed by atoms with E-state index < -0.39 is 0 Å². The molecule has 5 nitrogen and oxygen atoms in total. The maximum atomic E-state index is 12.6. The zero-order valence-corrected chi connectivity index (χ0v) is 15.2. The lowest BCUT2D eigenvalue weighted by Gasteiger charge is -2.22. The third kappa shape index (κ3) is 3.91. The highest BCUT2D eigenvalue weighted by Crippen LogP contribution is 2.29. The van der Waals surface area contributed by atoms with E-state index in [0.29, 0.717) is 30.2 Å².